The number of piperazine rings is 1. The summed E-state index contributed by atoms with van der Waals surface area (Å²) in [5.41, 5.74) is 0. The number of likely N-dealkylation sites (N-methyl/N-ethyl adjacent to an activating group) is 1. The van der Waals surface area contributed by atoms with E-state index in [2.05, 4.69) is 11.8 Å². The van der Waals surface area contributed by atoms with E-state index in [1.165, 1.54) is 0 Å². The Kier molecular flexibility index (Phi) is 4.51. The fourth-order valence-corrected chi connectivity index (χ4v) is 3.03. The van der Waals surface area contributed by atoms with Crippen molar-refractivity contribution in [2.45, 2.75) is 25.6 Å². The summed E-state index contributed by atoms with van der Waals surface area (Å²) in [5, 5.41) is -0.725. The minimum Gasteiger partial charge on any atom is -0.301 e. The van der Waals surface area contributed by atoms with E-state index in [4.69, 9.17) is 4.55 Å². The van der Waals surface area contributed by atoms with E-state index in [1.54, 1.807) is 6.92 Å². The fourth-order valence-electron chi connectivity index (χ4n) is 2.02. The van der Waals surface area contributed by atoms with Crippen LogP contribution in [0.25, 0.3) is 0 Å². The van der Waals surface area contributed by atoms with Crippen molar-refractivity contribution in [1.29, 1.82) is 0 Å². The van der Waals surface area contributed by atoms with E-state index in [1.807, 2.05) is 4.90 Å². The van der Waals surface area contributed by atoms with Crippen molar-refractivity contribution in [3.05, 3.63) is 0 Å². The average Bonchev–Trinajstić information content (AvgIpc) is 2.18. The Morgan fingerprint density at radius 3 is 2.07 bits per heavy atom. The van der Waals surface area contributed by atoms with Gasteiger partial charge in [0.05, 0.1) is 0 Å². The summed E-state index contributed by atoms with van der Waals surface area (Å²) in [6, 6.07) is 0. The lowest BCUT2D eigenvalue weighted by molar-refractivity contribution is 0.120. The normalized spacial score (nSPS) is 22.9. The quantitative estimate of drug-likeness (QED) is 0.709. The molecule has 0 aromatic carbocycles. The fraction of sp³-hybridized carbons (Fsp3) is 1.00. The highest BCUT2D eigenvalue weighted by Gasteiger charge is 2.30. The van der Waals surface area contributed by atoms with Crippen LogP contribution in [-0.4, -0.2) is 60.9 Å². The van der Waals surface area contributed by atoms with E-state index in [0.29, 0.717) is 19.5 Å². The van der Waals surface area contributed by atoms with Crippen LogP contribution in [0.4, 0.5) is 0 Å². The molecule has 1 saturated heterocycles. The second-order valence-electron chi connectivity index (χ2n) is 3.85. The Balaban J connectivity index is 2.58. The molecule has 0 amide bonds. The van der Waals surface area contributed by atoms with Gasteiger partial charge in [-0.05, 0) is 13.0 Å². The smallest absolute Gasteiger partial charge is 0.281 e. The van der Waals surface area contributed by atoms with Crippen LogP contribution >= 0.6 is 0 Å². The highest BCUT2D eigenvalue weighted by Crippen LogP contribution is 2.13. The molecule has 1 fully saturated rings. The van der Waals surface area contributed by atoms with E-state index in [9.17, 15) is 8.42 Å². The zero-order valence-electron chi connectivity index (χ0n) is 9.39. The topological polar surface area (TPSA) is 60.9 Å². The Hall–Kier alpha value is -0.170. The molecule has 5 nitrogen and oxygen atoms in total. The first-order valence-corrected chi connectivity index (χ1v) is 6.92. The van der Waals surface area contributed by atoms with Gasteiger partial charge in [-0.2, -0.15) is 8.42 Å². The third-order valence-corrected chi connectivity index (χ3v) is 4.27. The number of rotatable bonds is 4. The molecule has 0 saturated carbocycles. The largest absolute Gasteiger partial charge is 0.301 e. The first-order chi connectivity index (χ1) is 6.99. The highest BCUT2D eigenvalue weighted by atomic mass is 32.2. The second-order valence-corrected chi connectivity index (χ2v) is 5.42. The molecule has 1 atom stereocenters. The van der Waals surface area contributed by atoms with Crippen LogP contribution < -0.4 is 0 Å². The third-order valence-electron chi connectivity index (χ3n) is 2.95. The summed E-state index contributed by atoms with van der Waals surface area (Å²) in [5.74, 6) is 0. The number of hydrogen-bond acceptors (Lipinski definition) is 4. The van der Waals surface area contributed by atoms with E-state index in [-0.39, 0.29) is 0 Å². The summed E-state index contributed by atoms with van der Waals surface area (Å²) in [6.07, 6.45) is 0.435. The number of hydrogen-bond donors (Lipinski definition) is 1. The van der Waals surface area contributed by atoms with Gasteiger partial charge >= 0.3 is 0 Å². The molecule has 0 radical (unpaired) electrons. The average molecular weight is 236 g/mol. The molecular formula is C9H20N2O3S. The standard InChI is InChI=1S/C9H20N2O3S/c1-3-9(15(12,13)14)11-7-5-10(4-2)6-8-11/h9H,3-8H2,1-2H3,(H,12,13,14). The van der Waals surface area contributed by atoms with Crippen LogP contribution in [0, 0.1) is 0 Å². The summed E-state index contributed by atoms with van der Waals surface area (Å²) in [4.78, 5) is 4.12. The highest BCUT2D eigenvalue weighted by molar-refractivity contribution is 7.86. The van der Waals surface area contributed by atoms with Gasteiger partial charge in [0, 0.05) is 26.2 Å². The van der Waals surface area contributed by atoms with Gasteiger partial charge in [0.1, 0.15) is 5.37 Å². The Labute approximate surface area is 91.8 Å². The molecule has 1 aliphatic rings. The van der Waals surface area contributed by atoms with Gasteiger partial charge in [0.25, 0.3) is 10.1 Å². The monoisotopic (exact) mass is 236 g/mol. The maximum Gasteiger partial charge on any atom is 0.281 e. The molecule has 0 aromatic heterocycles. The van der Waals surface area contributed by atoms with Crippen molar-refractivity contribution in [2.24, 2.45) is 0 Å². The van der Waals surface area contributed by atoms with E-state index < -0.39 is 15.5 Å². The van der Waals surface area contributed by atoms with Gasteiger partial charge in [-0.1, -0.05) is 13.8 Å². The van der Waals surface area contributed by atoms with Crippen LogP contribution in [-0.2, 0) is 10.1 Å². The van der Waals surface area contributed by atoms with E-state index >= 15 is 0 Å². The van der Waals surface area contributed by atoms with Crippen molar-refractivity contribution in [2.75, 3.05) is 32.7 Å². The Morgan fingerprint density at radius 2 is 1.73 bits per heavy atom. The molecule has 1 N–H and O–H groups in total. The zero-order chi connectivity index (χ0) is 11.5. The predicted molar refractivity (Wildman–Crippen MR) is 59.3 cm³/mol. The predicted octanol–water partition coefficient (Wildman–Crippen LogP) is 0.248. The SMILES string of the molecule is CCC(N1CCN(CC)CC1)S(=O)(=O)O. The lowest BCUT2D eigenvalue weighted by Crippen LogP contribution is -2.52. The summed E-state index contributed by atoms with van der Waals surface area (Å²) in [7, 11) is -3.93. The Bertz CT molecular complexity index is 284. The first kappa shape index (κ1) is 12.9. The molecule has 0 spiro atoms. The molecular weight excluding hydrogens is 216 g/mol. The van der Waals surface area contributed by atoms with Gasteiger partial charge in [-0.15, -0.1) is 0 Å². The van der Waals surface area contributed by atoms with E-state index in [0.717, 1.165) is 19.6 Å². The molecule has 90 valence electrons. The maximum absolute atomic E-state index is 11.1. The van der Waals surface area contributed by atoms with Gasteiger partial charge in [0.2, 0.25) is 0 Å². The molecule has 1 rings (SSSR count). The second kappa shape index (κ2) is 5.25. The molecule has 1 unspecified atom stereocenters. The van der Waals surface area contributed by atoms with Gasteiger partial charge in [-0.25, -0.2) is 0 Å². The van der Waals surface area contributed by atoms with Gasteiger partial charge in [0.15, 0.2) is 0 Å². The molecule has 1 aliphatic heterocycles. The summed E-state index contributed by atoms with van der Waals surface area (Å²) < 4.78 is 31.3. The van der Waals surface area contributed by atoms with Crippen LogP contribution in [0.1, 0.15) is 20.3 Å². The third kappa shape index (κ3) is 3.41. The van der Waals surface area contributed by atoms with Crippen molar-refractivity contribution in [3.63, 3.8) is 0 Å². The molecule has 1 heterocycles. The van der Waals surface area contributed by atoms with Crippen LogP contribution in [0.2, 0.25) is 0 Å². The number of nitrogens with zero attached hydrogens (tertiary/aromatic N) is 2. The van der Waals surface area contributed by atoms with Gasteiger partial charge in [-0.3, -0.25) is 9.45 Å². The molecule has 0 bridgehead atoms. The van der Waals surface area contributed by atoms with Crippen LogP contribution in [0.5, 0.6) is 0 Å². The Morgan fingerprint density at radius 1 is 1.20 bits per heavy atom. The molecule has 15 heavy (non-hydrogen) atoms. The minimum absolute atomic E-state index is 0.435. The van der Waals surface area contributed by atoms with Crippen molar-refractivity contribution in [3.8, 4) is 0 Å². The maximum atomic E-state index is 11.1. The van der Waals surface area contributed by atoms with Crippen molar-refractivity contribution >= 4 is 10.1 Å². The van der Waals surface area contributed by atoms with Crippen LogP contribution in [0.3, 0.4) is 0 Å². The first-order valence-electron chi connectivity index (χ1n) is 5.41. The lowest BCUT2D eigenvalue weighted by atomic mass is 10.3. The summed E-state index contributed by atoms with van der Waals surface area (Å²) >= 11 is 0. The molecule has 6 heteroatoms. The van der Waals surface area contributed by atoms with Gasteiger partial charge < -0.3 is 4.90 Å². The summed E-state index contributed by atoms with van der Waals surface area (Å²) in [6.45, 7) is 8.06. The van der Waals surface area contributed by atoms with Crippen molar-refractivity contribution < 1.29 is 13.0 Å². The molecule has 0 aliphatic carbocycles. The van der Waals surface area contributed by atoms with Crippen molar-refractivity contribution in [1.82, 2.24) is 9.80 Å². The molecule has 0 aromatic rings. The minimum atomic E-state index is -3.93. The zero-order valence-corrected chi connectivity index (χ0v) is 10.2. The van der Waals surface area contributed by atoms with Crippen LogP contribution in [0.15, 0.2) is 0 Å². The lowest BCUT2D eigenvalue weighted by Gasteiger charge is -2.37.